The Hall–Kier alpha value is -2.10. The first-order valence-electron chi connectivity index (χ1n) is 5.77. The van der Waals surface area contributed by atoms with Crippen LogP contribution in [0.4, 0.5) is 0 Å². The van der Waals surface area contributed by atoms with Crippen molar-refractivity contribution in [3.8, 4) is 0 Å². The van der Waals surface area contributed by atoms with E-state index in [9.17, 15) is 9.59 Å². The lowest BCUT2D eigenvalue weighted by atomic mass is 10.1. The Kier molecular flexibility index (Phi) is 3.19. The predicted molar refractivity (Wildman–Crippen MR) is 66.7 cm³/mol. The van der Waals surface area contributed by atoms with Crippen LogP contribution >= 0.6 is 0 Å². The normalized spacial score (nSPS) is 15.1. The number of hydrogen-bond acceptors (Lipinski definition) is 2. The van der Waals surface area contributed by atoms with Crippen LogP contribution in [0, 0.1) is 0 Å². The standard InChI is InChI=1S/C14H15NO3/c1-9(10(2)14(17)18)13(16)15-7-11-5-3-4-6-12(11)8-15/h3-6H,7-8H2,1-2H3,(H,17,18). The summed E-state index contributed by atoms with van der Waals surface area (Å²) in [6.45, 7) is 4.13. The second kappa shape index (κ2) is 4.64. The fraction of sp³-hybridized carbons (Fsp3) is 0.286. The number of carbonyl (C=O) groups excluding carboxylic acids is 1. The van der Waals surface area contributed by atoms with Crippen molar-refractivity contribution in [2.45, 2.75) is 26.9 Å². The fourth-order valence-corrected chi connectivity index (χ4v) is 2.03. The summed E-state index contributed by atoms with van der Waals surface area (Å²) in [7, 11) is 0. The number of carbonyl (C=O) groups is 2. The van der Waals surface area contributed by atoms with Crippen molar-refractivity contribution in [3.05, 3.63) is 46.5 Å². The zero-order valence-corrected chi connectivity index (χ0v) is 10.4. The molecule has 1 aliphatic heterocycles. The lowest BCUT2D eigenvalue weighted by Crippen LogP contribution is -2.27. The Morgan fingerprint density at radius 2 is 1.56 bits per heavy atom. The van der Waals surface area contributed by atoms with Gasteiger partial charge in [0.25, 0.3) is 5.91 Å². The number of amides is 1. The average Bonchev–Trinajstić information content (AvgIpc) is 2.79. The summed E-state index contributed by atoms with van der Waals surface area (Å²) in [4.78, 5) is 24.7. The first-order valence-corrected chi connectivity index (χ1v) is 5.77. The van der Waals surface area contributed by atoms with Crippen LogP contribution in [-0.2, 0) is 22.7 Å². The minimum Gasteiger partial charge on any atom is -0.478 e. The Bertz CT molecular complexity index is 521. The van der Waals surface area contributed by atoms with Crippen LogP contribution in [0.15, 0.2) is 35.4 Å². The van der Waals surface area contributed by atoms with E-state index < -0.39 is 5.97 Å². The van der Waals surface area contributed by atoms with E-state index in [1.54, 1.807) is 11.8 Å². The Labute approximate surface area is 106 Å². The van der Waals surface area contributed by atoms with Crippen LogP contribution in [0.1, 0.15) is 25.0 Å². The predicted octanol–water partition coefficient (Wildman–Crippen LogP) is 1.95. The molecule has 1 heterocycles. The van der Waals surface area contributed by atoms with Crippen LogP contribution in [0.2, 0.25) is 0 Å². The van der Waals surface area contributed by atoms with Gasteiger partial charge in [-0.15, -0.1) is 0 Å². The molecule has 0 saturated carbocycles. The van der Waals surface area contributed by atoms with Gasteiger partial charge >= 0.3 is 5.97 Å². The van der Waals surface area contributed by atoms with Crippen molar-refractivity contribution in [3.63, 3.8) is 0 Å². The van der Waals surface area contributed by atoms with Gasteiger partial charge in [-0.1, -0.05) is 24.3 Å². The topological polar surface area (TPSA) is 57.6 Å². The smallest absolute Gasteiger partial charge is 0.331 e. The molecule has 18 heavy (non-hydrogen) atoms. The molecule has 0 saturated heterocycles. The van der Waals surface area contributed by atoms with Gasteiger partial charge in [0.1, 0.15) is 0 Å². The number of aliphatic carboxylic acids is 1. The summed E-state index contributed by atoms with van der Waals surface area (Å²) >= 11 is 0. The Balaban J connectivity index is 2.20. The maximum absolute atomic E-state index is 12.2. The molecule has 0 aliphatic carbocycles. The van der Waals surface area contributed by atoms with E-state index in [-0.39, 0.29) is 11.5 Å². The van der Waals surface area contributed by atoms with E-state index in [0.29, 0.717) is 18.7 Å². The maximum atomic E-state index is 12.2. The van der Waals surface area contributed by atoms with E-state index in [2.05, 4.69) is 0 Å². The molecule has 1 aromatic carbocycles. The highest BCUT2D eigenvalue weighted by atomic mass is 16.4. The van der Waals surface area contributed by atoms with Crippen molar-refractivity contribution in [1.29, 1.82) is 0 Å². The van der Waals surface area contributed by atoms with Crippen LogP contribution in [0.3, 0.4) is 0 Å². The quantitative estimate of drug-likeness (QED) is 0.810. The zero-order valence-electron chi connectivity index (χ0n) is 10.4. The van der Waals surface area contributed by atoms with E-state index >= 15 is 0 Å². The summed E-state index contributed by atoms with van der Waals surface area (Å²) in [6, 6.07) is 7.87. The second-order valence-electron chi connectivity index (χ2n) is 4.49. The fourth-order valence-electron chi connectivity index (χ4n) is 2.03. The van der Waals surface area contributed by atoms with Gasteiger partial charge in [-0.3, -0.25) is 4.79 Å². The highest BCUT2D eigenvalue weighted by Gasteiger charge is 2.25. The van der Waals surface area contributed by atoms with Crippen molar-refractivity contribution < 1.29 is 14.7 Å². The number of carboxylic acid groups (broad SMARTS) is 1. The highest BCUT2D eigenvalue weighted by molar-refractivity contribution is 6.01. The third kappa shape index (κ3) is 2.14. The number of nitrogens with zero attached hydrogens (tertiary/aromatic N) is 1. The highest BCUT2D eigenvalue weighted by Crippen LogP contribution is 2.24. The SMILES string of the molecule is CC(C(=O)O)=C(C)C(=O)N1Cc2ccccc2C1. The number of rotatable bonds is 2. The van der Waals surface area contributed by atoms with Gasteiger partial charge < -0.3 is 10.0 Å². The monoisotopic (exact) mass is 245 g/mol. The largest absolute Gasteiger partial charge is 0.478 e. The van der Waals surface area contributed by atoms with Gasteiger partial charge in [-0.2, -0.15) is 0 Å². The molecule has 0 spiro atoms. The first-order chi connectivity index (χ1) is 8.50. The molecule has 1 aliphatic rings. The number of carboxylic acids is 1. The molecule has 4 heteroatoms. The van der Waals surface area contributed by atoms with E-state index in [1.165, 1.54) is 6.92 Å². The third-order valence-corrected chi connectivity index (χ3v) is 3.33. The average molecular weight is 245 g/mol. The van der Waals surface area contributed by atoms with E-state index in [4.69, 9.17) is 5.11 Å². The molecular weight excluding hydrogens is 230 g/mol. The molecule has 0 atom stereocenters. The minimum absolute atomic E-state index is 0.107. The molecule has 0 aromatic heterocycles. The van der Waals surface area contributed by atoms with Crippen molar-refractivity contribution in [1.82, 2.24) is 4.90 Å². The number of hydrogen-bond donors (Lipinski definition) is 1. The van der Waals surface area contributed by atoms with Crippen LogP contribution in [0.25, 0.3) is 0 Å². The summed E-state index contributed by atoms with van der Waals surface area (Å²) in [5.41, 5.74) is 2.67. The second-order valence-corrected chi connectivity index (χ2v) is 4.49. The number of benzene rings is 1. The molecule has 0 radical (unpaired) electrons. The van der Waals surface area contributed by atoms with E-state index in [1.807, 2.05) is 24.3 Å². The van der Waals surface area contributed by atoms with E-state index in [0.717, 1.165) is 11.1 Å². The summed E-state index contributed by atoms with van der Waals surface area (Å²) < 4.78 is 0. The van der Waals surface area contributed by atoms with Crippen molar-refractivity contribution in [2.24, 2.45) is 0 Å². The van der Waals surface area contributed by atoms with Crippen LogP contribution < -0.4 is 0 Å². The van der Waals surface area contributed by atoms with Gasteiger partial charge in [-0.25, -0.2) is 4.79 Å². The molecule has 2 rings (SSSR count). The van der Waals surface area contributed by atoms with Gasteiger partial charge in [-0.05, 0) is 25.0 Å². The molecule has 4 nitrogen and oxygen atoms in total. The third-order valence-electron chi connectivity index (χ3n) is 3.33. The molecule has 1 N–H and O–H groups in total. The van der Waals surface area contributed by atoms with Crippen molar-refractivity contribution >= 4 is 11.9 Å². The zero-order chi connectivity index (χ0) is 13.3. The van der Waals surface area contributed by atoms with Crippen LogP contribution in [0.5, 0.6) is 0 Å². The van der Waals surface area contributed by atoms with Gasteiger partial charge in [0.2, 0.25) is 0 Å². The van der Waals surface area contributed by atoms with Crippen LogP contribution in [-0.4, -0.2) is 21.9 Å². The van der Waals surface area contributed by atoms with Gasteiger partial charge in [0.15, 0.2) is 0 Å². The molecule has 0 unspecified atom stereocenters. The minimum atomic E-state index is -1.04. The van der Waals surface area contributed by atoms with Gasteiger partial charge in [0, 0.05) is 24.2 Å². The molecular formula is C14H15NO3. The summed E-state index contributed by atoms with van der Waals surface area (Å²) in [5, 5.41) is 8.89. The molecule has 0 bridgehead atoms. The number of fused-ring (bicyclic) bond motifs is 1. The van der Waals surface area contributed by atoms with Crippen molar-refractivity contribution in [2.75, 3.05) is 0 Å². The lowest BCUT2D eigenvalue weighted by molar-refractivity contribution is -0.134. The maximum Gasteiger partial charge on any atom is 0.331 e. The Morgan fingerprint density at radius 3 is 2.00 bits per heavy atom. The lowest BCUT2D eigenvalue weighted by Gasteiger charge is -2.16. The molecule has 1 aromatic rings. The molecule has 0 fully saturated rings. The Morgan fingerprint density at radius 1 is 1.06 bits per heavy atom. The van der Waals surface area contributed by atoms with Gasteiger partial charge in [0.05, 0.1) is 0 Å². The molecule has 94 valence electrons. The summed E-state index contributed by atoms with van der Waals surface area (Å²) in [6.07, 6.45) is 0. The first kappa shape index (κ1) is 12.4. The summed E-state index contributed by atoms with van der Waals surface area (Å²) in [5.74, 6) is -1.25. The molecule has 1 amide bonds.